The van der Waals surface area contributed by atoms with Crippen LogP contribution in [0.2, 0.25) is 0 Å². The van der Waals surface area contributed by atoms with Gasteiger partial charge in [0.25, 0.3) is 0 Å². The van der Waals surface area contributed by atoms with Gasteiger partial charge < -0.3 is 5.11 Å². The molecule has 2 atom stereocenters. The van der Waals surface area contributed by atoms with Crippen LogP contribution in [0.1, 0.15) is 25.7 Å². The van der Waals surface area contributed by atoms with Gasteiger partial charge in [0.15, 0.2) is 0 Å². The molecule has 15 heavy (non-hydrogen) atoms. The summed E-state index contributed by atoms with van der Waals surface area (Å²) >= 11 is 5.23. The van der Waals surface area contributed by atoms with Gasteiger partial charge in [-0.05, 0) is 37.1 Å². The summed E-state index contributed by atoms with van der Waals surface area (Å²) in [6, 6.07) is 8.32. The van der Waals surface area contributed by atoms with Crippen LogP contribution in [0, 0.1) is 0 Å². The predicted octanol–water partition coefficient (Wildman–Crippen LogP) is 3.84. The molecule has 0 aromatic heterocycles. The van der Waals surface area contributed by atoms with Crippen LogP contribution in [0.5, 0.6) is 0 Å². The molecule has 3 heteroatoms. The van der Waals surface area contributed by atoms with E-state index in [4.69, 9.17) is 0 Å². The Kier molecular flexibility index (Phi) is 4.12. The Labute approximate surface area is 103 Å². The smallest absolute Gasteiger partial charge is 0.0662 e. The molecule has 1 aliphatic rings. The Morgan fingerprint density at radius 3 is 2.47 bits per heavy atom. The van der Waals surface area contributed by atoms with Crippen LogP contribution in [0.3, 0.4) is 0 Å². The molecule has 1 nitrogen and oxygen atoms in total. The average molecular weight is 287 g/mol. The van der Waals surface area contributed by atoms with Crippen LogP contribution in [-0.2, 0) is 0 Å². The Balaban J connectivity index is 1.98. The van der Waals surface area contributed by atoms with Crippen LogP contribution in [0.4, 0.5) is 0 Å². The minimum absolute atomic E-state index is 0.118. The monoisotopic (exact) mass is 286 g/mol. The van der Waals surface area contributed by atoms with E-state index in [1.165, 1.54) is 17.7 Å². The van der Waals surface area contributed by atoms with Gasteiger partial charge in [0.1, 0.15) is 0 Å². The summed E-state index contributed by atoms with van der Waals surface area (Å²) in [5.74, 6) is 0. The first-order valence-electron chi connectivity index (χ1n) is 5.36. The van der Waals surface area contributed by atoms with Crippen molar-refractivity contribution >= 4 is 27.7 Å². The van der Waals surface area contributed by atoms with Gasteiger partial charge in [0.2, 0.25) is 0 Å². The topological polar surface area (TPSA) is 20.2 Å². The summed E-state index contributed by atoms with van der Waals surface area (Å²) in [6.07, 6.45) is 4.42. The third-order valence-corrected chi connectivity index (χ3v) is 4.69. The first kappa shape index (κ1) is 11.5. The standard InChI is InChI=1S/C12H15BrOS/c13-9-5-7-10(8-6-9)15-12-4-2-1-3-11(12)14/h5-8,11-12,14H,1-4H2/t11-,12-/m0/s1. The molecule has 0 aliphatic heterocycles. The molecule has 1 N–H and O–H groups in total. The minimum Gasteiger partial charge on any atom is -0.392 e. The fourth-order valence-electron chi connectivity index (χ4n) is 1.90. The number of hydrogen-bond acceptors (Lipinski definition) is 2. The van der Waals surface area contributed by atoms with E-state index in [2.05, 4.69) is 40.2 Å². The number of rotatable bonds is 2. The number of thioether (sulfide) groups is 1. The quantitative estimate of drug-likeness (QED) is 0.891. The molecule has 1 aromatic carbocycles. The van der Waals surface area contributed by atoms with Crippen molar-refractivity contribution < 1.29 is 5.11 Å². The van der Waals surface area contributed by atoms with Gasteiger partial charge in [0, 0.05) is 14.6 Å². The summed E-state index contributed by atoms with van der Waals surface area (Å²) in [5.41, 5.74) is 0. The molecular formula is C12H15BrOS. The van der Waals surface area contributed by atoms with Crippen LogP contribution in [0.15, 0.2) is 33.6 Å². The lowest BCUT2D eigenvalue weighted by molar-refractivity contribution is 0.137. The predicted molar refractivity (Wildman–Crippen MR) is 68.3 cm³/mol. The Hall–Kier alpha value is 0.01000. The van der Waals surface area contributed by atoms with Gasteiger partial charge in [-0.3, -0.25) is 0 Å². The van der Waals surface area contributed by atoms with Crippen molar-refractivity contribution in [2.45, 2.75) is 41.9 Å². The molecule has 0 radical (unpaired) electrons. The van der Waals surface area contributed by atoms with Crippen molar-refractivity contribution in [1.29, 1.82) is 0 Å². The molecule has 0 spiro atoms. The van der Waals surface area contributed by atoms with Gasteiger partial charge in [0.05, 0.1) is 6.10 Å². The van der Waals surface area contributed by atoms with Crippen molar-refractivity contribution in [3.05, 3.63) is 28.7 Å². The SMILES string of the molecule is O[C@H]1CCCC[C@@H]1Sc1ccc(Br)cc1. The Morgan fingerprint density at radius 2 is 1.80 bits per heavy atom. The third-order valence-electron chi connectivity index (χ3n) is 2.77. The van der Waals surface area contributed by atoms with E-state index in [-0.39, 0.29) is 6.10 Å². The highest BCUT2D eigenvalue weighted by molar-refractivity contribution is 9.10. The van der Waals surface area contributed by atoms with E-state index in [1.54, 1.807) is 0 Å². The molecule has 0 bridgehead atoms. The molecule has 0 heterocycles. The summed E-state index contributed by atoms with van der Waals surface area (Å²) < 4.78 is 1.11. The van der Waals surface area contributed by atoms with Crippen molar-refractivity contribution in [3.63, 3.8) is 0 Å². The second-order valence-electron chi connectivity index (χ2n) is 3.96. The summed E-state index contributed by atoms with van der Waals surface area (Å²) in [5, 5.41) is 10.2. The molecule has 1 aliphatic carbocycles. The Morgan fingerprint density at radius 1 is 1.13 bits per heavy atom. The molecule has 0 amide bonds. The van der Waals surface area contributed by atoms with E-state index >= 15 is 0 Å². The molecule has 0 unspecified atom stereocenters. The highest BCUT2D eigenvalue weighted by atomic mass is 79.9. The minimum atomic E-state index is -0.118. The van der Waals surface area contributed by atoms with Gasteiger partial charge in [-0.15, -0.1) is 11.8 Å². The zero-order chi connectivity index (χ0) is 10.7. The molecule has 1 aromatic rings. The highest BCUT2D eigenvalue weighted by Crippen LogP contribution is 2.34. The number of aliphatic hydroxyl groups excluding tert-OH is 1. The number of aliphatic hydroxyl groups is 1. The molecule has 82 valence electrons. The first-order chi connectivity index (χ1) is 7.25. The Bertz CT molecular complexity index is 312. The van der Waals surface area contributed by atoms with Crippen molar-refractivity contribution in [2.75, 3.05) is 0 Å². The van der Waals surface area contributed by atoms with Gasteiger partial charge >= 0.3 is 0 Å². The number of benzene rings is 1. The van der Waals surface area contributed by atoms with E-state index in [9.17, 15) is 5.11 Å². The van der Waals surface area contributed by atoms with Crippen LogP contribution in [0.25, 0.3) is 0 Å². The van der Waals surface area contributed by atoms with E-state index in [0.717, 1.165) is 17.3 Å². The first-order valence-corrected chi connectivity index (χ1v) is 7.03. The second-order valence-corrected chi connectivity index (χ2v) is 6.19. The normalized spacial score (nSPS) is 26.5. The third kappa shape index (κ3) is 3.23. The summed E-state index contributed by atoms with van der Waals surface area (Å²) in [7, 11) is 0. The van der Waals surface area contributed by atoms with Crippen molar-refractivity contribution in [1.82, 2.24) is 0 Å². The maximum atomic E-state index is 9.85. The van der Waals surface area contributed by atoms with Gasteiger partial charge in [-0.25, -0.2) is 0 Å². The average Bonchev–Trinajstić information content (AvgIpc) is 2.25. The summed E-state index contributed by atoms with van der Waals surface area (Å²) in [4.78, 5) is 1.25. The second kappa shape index (κ2) is 5.37. The van der Waals surface area contributed by atoms with Crippen LogP contribution >= 0.6 is 27.7 Å². The molecule has 1 fully saturated rings. The largest absolute Gasteiger partial charge is 0.392 e. The molecule has 0 saturated heterocycles. The van der Waals surface area contributed by atoms with Crippen molar-refractivity contribution in [2.24, 2.45) is 0 Å². The number of hydrogen-bond donors (Lipinski definition) is 1. The van der Waals surface area contributed by atoms with Gasteiger partial charge in [-0.1, -0.05) is 28.8 Å². The fraction of sp³-hybridized carbons (Fsp3) is 0.500. The highest BCUT2D eigenvalue weighted by Gasteiger charge is 2.23. The maximum absolute atomic E-state index is 9.85. The zero-order valence-electron chi connectivity index (χ0n) is 8.53. The zero-order valence-corrected chi connectivity index (χ0v) is 10.9. The van der Waals surface area contributed by atoms with Crippen LogP contribution < -0.4 is 0 Å². The van der Waals surface area contributed by atoms with E-state index < -0.39 is 0 Å². The lowest BCUT2D eigenvalue weighted by atomic mass is 9.97. The fourth-order valence-corrected chi connectivity index (χ4v) is 3.39. The number of halogens is 1. The van der Waals surface area contributed by atoms with Crippen molar-refractivity contribution in [3.8, 4) is 0 Å². The molecular weight excluding hydrogens is 272 g/mol. The van der Waals surface area contributed by atoms with Crippen LogP contribution in [-0.4, -0.2) is 16.5 Å². The maximum Gasteiger partial charge on any atom is 0.0662 e. The van der Waals surface area contributed by atoms with Gasteiger partial charge in [-0.2, -0.15) is 0 Å². The lowest BCUT2D eigenvalue weighted by Crippen LogP contribution is -2.26. The van der Waals surface area contributed by atoms with E-state index in [0.29, 0.717) is 5.25 Å². The summed E-state index contributed by atoms with van der Waals surface area (Å²) in [6.45, 7) is 0. The molecule has 1 saturated carbocycles. The van der Waals surface area contributed by atoms with E-state index in [1.807, 2.05) is 11.8 Å². The lowest BCUT2D eigenvalue weighted by Gasteiger charge is -2.26. The molecule has 2 rings (SSSR count).